The van der Waals surface area contributed by atoms with Gasteiger partial charge in [0.05, 0.1) is 13.2 Å². The summed E-state index contributed by atoms with van der Waals surface area (Å²) in [6.45, 7) is 8.39. The number of hydrogen-bond acceptors (Lipinski definition) is 3. The van der Waals surface area contributed by atoms with Crippen LogP contribution in [0.1, 0.15) is 0 Å². The Bertz CT molecular complexity index is 596. The highest BCUT2D eigenvalue weighted by molar-refractivity contribution is 7.14. The van der Waals surface area contributed by atoms with Gasteiger partial charge >= 0.3 is 0 Å². The fourth-order valence-corrected chi connectivity index (χ4v) is 2.52. The van der Waals surface area contributed by atoms with E-state index in [1.807, 2.05) is 35.7 Å². The monoisotopic (exact) mass is 257 g/mol. The molecule has 0 saturated carbocycles. The van der Waals surface area contributed by atoms with Gasteiger partial charge < -0.3 is 9.47 Å². The molecule has 1 aliphatic rings. The van der Waals surface area contributed by atoms with Gasteiger partial charge in [-0.25, -0.2) is 4.85 Å². The number of thiophene rings is 1. The molecule has 0 N–H and O–H groups in total. The Morgan fingerprint density at radius 2 is 2.28 bits per heavy atom. The van der Waals surface area contributed by atoms with Crippen LogP contribution in [0.5, 0.6) is 5.75 Å². The minimum atomic E-state index is 0.250. The third kappa shape index (κ3) is 2.37. The summed E-state index contributed by atoms with van der Waals surface area (Å²) in [7, 11) is 0. The second kappa shape index (κ2) is 4.81. The zero-order valence-electron chi connectivity index (χ0n) is 9.63. The summed E-state index contributed by atoms with van der Waals surface area (Å²) >= 11 is 1.57. The first-order valence-corrected chi connectivity index (χ1v) is 6.54. The lowest BCUT2D eigenvalue weighted by atomic mass is 10.1. The van der Waals surface area contributed by atoms with Gasteiger partial charge in [0, 0.05) is 10.4 Å². The maximum atomic E-state index is 7.00. The molecule has 1 atom stereocenters. The zero-order valence-corrected chi connectivity index (χ0v) is 10.4. The van der Waals surface area contributed by atoms with E-state index < -0.39 is 0 Å². The van der Waals surface area contributed by atoms with Crippen molar-refractivity contribution < 1.29 is 9.47 Å². The number of nitrogens with zero attached hydrogens (tertiary/aromatic N) is 1. The van der Waals surface area contributed by atoms with E-state index in [1.165, 1.54) is 0 Å². The first kappa shape index (κ1) is 11.3. The minimum Gasteiger partial charge on any atom is -0.490 e. The molecule has 18 heavy (non-hydrogen) atoms. The molecule has 1 aromatic carbocycles. The van der Waals surface area contributed by atoms with E-state index in [9.17, 15) is 0 Å². The average molecular weight is 257 g/mol. The lowest BCUT2D eigenvalue weighted by Crippen LogP contribution is -2.04. The molecule has 3 rings (SSSR count). The molecule has 1 aromatic heterocycles. The van der Waals surface area contributed by atoms with Gasteiger partial charge in [-0.15, -0.1) is 0 Å². The average Bonchev–Trinajstić information content (AvgIpc) is 3.12. The Labute approximate surface area is 109 Å². The molecule has 0 spiro atoms. The molecule has 0 bridgehead atoms. The van der Waals surface area contributed by atoms with Crippen molar-refractivity contribution in [2.24, 2.45) is 0 Å². The number of para-hydroxylation sites is 1. The Balaban J connectivity index is 1.87. The number of hydrogen-bond donors (Lipinski definition) is 0. The molecule has 0 amide bonds. The van der Waals surface area contributed by atoms with Crippen LogP contribution in [0.25, 0.3) is 15.3 Å². The number of ether oxygens (including phenoxy) is 2. The molecule has 90 valence electrons. The van der Waals surface area contributed by atoms with E-state index in [2.05, 4.69) is 4.85 Å². The van der Waals surface area contributed by atoms with E-state index in [0.717, 1.165) is 22.8 Å². The topological polar surface area (TPSA) is 26.1 Å². The van der Waals surface area contributed by atoms with Crippen LogP contribution >= 0.6 is 11.3 Å². The Hall–Kier alpha value is -1.83. The van der Waals surface area contributed by atoms with Gasteiger partial charge in [0.2, 0.25) is 0 Å². The molecule has 1 fully saturated rings. The maximum absolute atomic E-state index is 7.00. The van der Waals surface area contributed by atoms with Gasteiger partial charge in [-0.3, -0.25) is 0 Å². The molecular weight excluding hydrogens is 246 g/mol. The lowest BCUT2D eigenvalue weighted by Gasteiger charge is -2.09. The molecular formula is C14H11NO2S. The summed E-state index contributed by atoms with van der Waals surface area (Å²) in [5, 5.41) is 1.86. The highest BCUT2D eigenvalue weighted by Gasteiger charge is 2.23. The van der Waals surface area contributed by atoms with Gasteiger partial charge in [-0.2, -0.15) is 11.3 Å². The van der Waals surface area contributed by atoms with Crippen LogP contribution in [0.15, 0.2) is 35.7 Å². The van der Waals surface area contributed by atoms with E-state index in [0.29, 0.717) is 12.3 Å². The lowest BCUT2D eigenvalue weighted by molar-refractivity contribution is 0.264. The summed E-state index contributed by atoms with van der Waals surface area (Å²) in [4.78, 5) is 4.49. The molecule has 1 aliphatic heterocycles. The standard InChI is InChI=1S/C14H11NO2S/c1-15-10-6-14(18-9-10)12-4-2-3-5-13(12)17-8-11-7-16-11/h2-6,9,11H,7-8H2/t11-/m0/s1. The number of rotatable bonds is 4. The molecule has 4 heteroatoms. The van der Waals surface area contributed by atoms with Crippen molar-refractivity contribution in [1.82, 2.24) is 0 Å². The molecule has 0 unspecified atom stereocenters. The van der Waals surface area contributed by atoms with Crippen molar-refractivity contribution in [3.63, 3.8) is 0 Å². The molecule has 3 nitrogen and oxygen atoms in total. The third-order valence-electron chi connectivity index (χ3n) is 2.69. The van der Waals surface area contributed by atoms with Crippen molar-refractivity contribution >= 4 is 17.0 Å². The van der Waals surface area contributed by atoms with Crippen LogP contribution in [-0.2, 0) is 4.74 Å². The molecule has 0 radical (unpaired) electrons. The minimum absolute atomic E-state index is 0.250. The summed E-state index contributed by atoms with van der Waals surface area (Å²) < 4.78 is 10.9. The fraction of sp³-hybridized carbons (Fsp3) is 0.214. The van der Waals surface area contributed by atoms with Crippen LogP contribution in [0.4, 0.5) is 5.69 Å². The largest absolute Gasteiger partial charge is 0.490 e. The zero-order chi connectivity index (χ0) is 12.4. The van der Waals surface area contributed by atoms with Gasteiger partial charge in [-0.05, 0) is 23.6 Å². The molecule has 1 saturated heterocycles. The van der Waals surface area contributed by atoms with E-state index in [4.69, 9.17) is 16.0 Å². The van der Waals surface area contributed by atoms with E-state index >= 15 is 0 Å². The Morgan fingerprint density at radius 3 is 3.00 bits per heavy atom. The second-order valence-corrected chi connectivity index (χ2v) is 4.95. The molecule has 0 aliphatic carbocycles. The van der Waals surface area contributed by atoms with Gasteiger partial charge in [-0.1, -0.05) is 12.1 Å². The summed E-state index contributed by atoms with van der Waals surface area (Å²) in [6.07, 6.45) is 0.250. The van der Waals surface area contributed by atoms with Crippen molar-refractivity contribution in [3.05, 3.63) is 47.1 Å². The highest BCUT2D eigenvalue weighted by Crippen LogP contribution is 2.37. The van der Waals surface area contributed by atoms with Crippen molar-refractivity contribution in [2.75, 3.05) is 13.2 Å². The van der Waals surface area contributed by atoms with Crippen molar-refractivity contribution in [1.29, 1.82) is 0 Å². The van der Waals surface area contributed by atoms with Crippen molar-refractivity contribution in [3.8, 4) is 16.2 Å². The molecule has 2 aromatic rings. The summed E-state index contributed by atoms with van der Waals surface area (Å²) in [6, 6.07) is 9.80. The van der Waals surface area contributed by atoms with E-state index in [1.54, 1.807) is 11.3 Å². The Kier molecular flexibility index (Phi) is 3.01. The third-order valence-corrected chi connectivity index (χ3v) is 3.65. The van der Waals surface area contributed by atoms with Crippen LogP contribution in [-0.4, -0.2) is 19.3 Å². The smallest absolute Gasteiger partial charge is 0.198 e. The second-order valence-electron chi connectivity index (χ2n) is 4.04. The fourth-order valence-electron chi connectivity index (χ4n) is 1.67. The first-order chi connectivity index (χ1) is 8.86. The predicted octanol–water partition coefficient (Wildman–Crippen LogP) is 3.74. The number of epoxide rings is 1. The maximum Gasteiger partial charge on any atom is 0.198 e. The van der Waals surface area contributed by atoms with Gasteiger partial charge in [0.25, 0.3) is 0 Å². The van der Waals surface area contributed by atoms with Crippen LogP contribution in [0, 0.1) is 6.57 Å². The summed E-state index contributed by atoms with van der Waals surface area (Å²) in [5.41, 5.74) is 1.72. The van der Waals surface area contributed by atoms with Crippen molar-refractivity contribution in [2.45, 2.75) is 6.10 Å². The normalized spacial score (nSPS) is 17.2. The van der Waals surface area contributed by atoms with Gasteiger partial charge in [0.1, 0.15) is 18.5 Å². The number of benzene rings is 1. The first-order valence-electron chi connectivity index (χ1n) is 5.66. The highest BCUT2D eigenvalue weighted by atomic mass is 32.1. The Morgan fingerprint density at radius 1 is 1.44 bits per heavy atom. The summed E-state index contributed by atoms with van der Waals surface area (Å²) in [5.74, 6) is 0.853. The van der Waals surface area contributed by atoms with Crippen LogP contribution in [0.3, 0.4) is 0 Å². The van der Waals surface area contributed by atoms with E-state index in [-0.39, 0.29) is 6.10 Å². The quantitative estimate of drug-likeness (QED) is 0.616. The van der Waals surface area contributed by atoms with Crippen LogP contribution in [0.2, 0.25) is 0 Å². The predicted molar refractivity (Wildman–Crippen MR) is 71.3 cm³/mol. The van der Waals surface area contributed by atoms with Gasteiger partial charge in [0.15, 0.2) is 5.69 Å². The molecule has 2 heterocycles. The SMILES string of the molecule is [C-]#[N+]c1csc(-c2ccccc2OC[C@@H]2CO2)c1. The van der Waals surface area contributed by atoms with Crippen LogP contribution < -0.4 is 4.74 Å².